The van der Waals surface area contributed by atoms with E-state index < -0.39 is 11.8 Å². The van der Waals surface area contributed by atoms with E-state index in [1.807, 2.05) is 24.5 Å². The number of nitrogens with one attached hydrogen (secondary N) is 2. The van der Waals surface area contributed by atoms with Crippen LogP contribution in [-0.4, -0.2) is 29.1 Å². The van der Waals surface area contributed by atoms with E-state index in [1.165, 1.54) is 12.3 Å². The van der Waals surface area contributed by atoms with Gasteiger partial charge in [-0.05, 0) is 38.1 Å². The van der Waals surface area contributed by atoms with E-state index in [0.717, 1.165) is 22.6 Å². The highest BCUT2D eigenvalue weighted by atomic mass is 35.5. The first-order valence-corrected chi connectivity index (χ1v) is 8.93. The number of hydrazone groups is 1. The minimum atomic E-state index is -0.500. The summed E-state index contributed by atoms with van der Waals surface area (Å²) in [6.45, 7) is 7.65. The standard InChI is InChI=1S/C19H20Cl2N4O2/c1-4-7-22-18(26)10-19(27)24-23-11-14-8-12(2)25(13(14)3)17-9-15(20)5-6-16(17)21/h4-6,8-9,11H,1,7,10H2,2-3H3,(H,22,26)(H,24,27)/b23-11+. The highest BCUT2D eigenvalue weighted by Crippen LogP contribution is 2.28. The number of hydrogen-bond acceptors (Lipinski definition) is 3. The predicted octanol–water partition coefficient (Wildman–Crippen LogP) is 3.54. The molecule has 0 fully saturated rings. The van der Waals surface area contributed by atoms with E-state index >= 15 is 0 Å². The third-order valence-electron chi connectivity index (χ3n) is 3.78. The molecule has 1 heterocycles. The van der Waals surface area contributed by atoms with Crippen LogP contribution in [0.5, 0.6) is 0 Å². The van der Waals surface area contributed by atoms with Crippen molar-refractivity contribution in [2.45, 2.75) is 20.3 Å². The van der Waals surface area contributed by atoms with E-state index in [-0.39, 0.29) is 6.42 Å². The molecule has 0 radical (unpaired) electrons. The van der Waals surface area contributed by atoms with Gasteiger partial charge in [0.2, 0.25) is 11.8 Å². The summed E-state index contributed by atoms with van der Waals surface area (Å²) in [6.07, 6.45) is 2.76. The number of carbonyl (C=O) groups is 2. The average Bonchev–Trinajstić information content (AvgIpc) is 2.89. The average molecular weight is 407 g/mol. The fourth-order valence-electron chi connectivity index (χ4n) is 2.55. The van der Waals surface area contributed by atoms with Crippen molar-refractivity contribution < 1.29 is 9.59 Å². The van der Waals surface area contributed by atoms with E-state index in [0.29, 0.717) is 16.6 Å². The number of hydrogen-bond donors (Lipinski definition) is 2. The van der Waals surface area contributed by atoms with Crippen molar-refractivity contribution in [2.75, 3.05) is 6.54 Å². The van der Waals surface area contributed by atoms with E-state index in [4.69, 9.17) is 23.2 Å². The first-order chi connectivity index (χ1) is 12.8. The summed E-state index contributed by atoms with van der Waals surface area (Å²) >= 11 is 12.4. The number of rotatable bonds is 7. The van der Waals surface area contributed by atoms with E-state index in [9.17, 15) is 9.59 Å². The molecule has 0 unspecified atom stereocenters. The molecule has 1 aromatic heterocycles. The van der Waals surface area contributed by atoms with Gasteiger partial charge in [-0.25, -0.2) is 5.43 Å². The Kier molecular flexibility index (Phi) is 7.21. The summed E-state index contributed by atoms with van der Waals surface area (Å²) in [4.78, 5) is 23.2. The summed E-state index contributed by atoms with van der Waals surface area (Å²) in [5.41, 5.74) is 5.74. The zero-order valence-electron chi connectivity index (χ0n) is 15.1. The molecule has 2 aromatic rings. The monoisotopic (exact) mass is 406 g/mol. The second-order valence-corrected chi connectivity index (χ2v) is 6.66. The second-order valence-electron chi connectivity index (χ2n) is 5.82. The predicted molar refractivity (Wildman–Crippen MR) is 109 cm³/mol. The lowest BCUT2D eigenvalue weighted by Crippen LogP contribution is -2.29. The SMILES string of the molecule is C=CCNC(=O)CC(=O)N/N=C/c1cc(C)n(-c2cc(Cl)ccc2Cl)c1C. The molecule has 0 atom stereocenters. The number of carbonyl (C=O) groups excluding carboxylic acids is 2. The highest BCUT2D eigenvalue weighted by Gasteiger charge is 2.13. The van der Waals surface area contributed by atoms with Gasteiger partial charge in [0.15, 0.2) is 0 Å². The molecule has 0 aliphatic rings. The number of amides is 2. The van der Waals surface area contributed by atoms with Crippen molar-refractivity contribution in [3.8, 4) is 5.69 Å². The number of aryl methyl sites for hydroxylation is 1. The van der Waals surface area contributed by atoms with Gasteiger partial charge in [0.1, 0.15) is 6.42 Å². The van der Waals surface area contributed by atoms with Crippen molar-refractivity contribution in [1.29, 1.82) is 0 Å². The van der Waals surface area contributed by atoms with Gasteiger partial charge in [0, 0.05) is 28.5 Å². The quantitative estimate of drug-likeness (QED) is 0.319. The lowest BCUT2D eigenvalue weighted by atomic mass is 10.2. The number of nitrogens with zero attached hydrogens (tertiary/aromatic N) is 2. The van der Waals surface area contributed by atoms with Crippen LogP contribution >= 0.6 is 23.2 Å². The van der Waals surface area contributed by atoms with E-state index in [1.54, 1.807) is 18.2 Å². The van der Waals surface area contributed by atoms with Crippen LogP contribution in [0.25, 0.3) is 5.69 Å². The van der Waals surface area contributed by atoms with Crippen LogP contribution in [-0.2, 0) is 9.59 Å². The van der Waals surface area contributed by atoms with Crippen LogP contribution in [0.1, 0.15) is 23.4 Å². The summed E-state index contributed by atoms with van der Waals surface area (Å²) in [6, 6.07) is 7.17. The molecule has 1 aromatic carbocycles. The van der Waals surface area contributed by atoms with Crippen LogP contribution in [0.2, 0.25) is 10.0 Å². The van der Waals surface area contributed by atoms with Crippen molar-refractivity contribution in [1.82, 2.24) is 15.3 Å². The molecule has 2 N–H and O–H groups in total. The molecule has 0 bridgehead atoms. The molecule has 0 saturated carbocycles. The van der Waals surface area contributed by atoms with Gasteiger partial charge in [0.05, 0.1) is 16.9 Å². The van der Waals surface area contributed by atoms with Gasteiger partial charge in [-0.1, -0.05) is 29.3 Å². The second kappa shape index (κ2) is 9.39. The van der Waals surface area contributed by atoms with Crippen LogP contribution in [0.3, 0.4) is 0 Å². The Balaban J connectivity index is 2.11. The topological polar surface area (TPSA) is 75.5 Å². The fourth-order valence-corrected chi connectivity index (χ4v) is 2.92. The summed E-state index contributed by atoms with van der Waals surface area (Å²) in [5, 5.41) is 7.60. The molecule has 0 aliphatic heterocycles. The third-order valence-corrected chi connectivity index (χ3v) is 4.33. The normalized spacial score (nSPS) is 10.8. The lowest BCUT2D eigenvalue weighted by Gasteiger charge is -2.12. The van der Waals surface area contributed by atoms with Crippen molar-refractivity contribution in [2.24, 2.45) is 5.10 Å². The van der Waals surface area contributed by atoms with Gasteiger partial charge >= 0.3 is 0 Å². The summed E-state index contributed by atoms with van der Waals surface area (Å²) < 4.78 is 1.96. The first kappa shape index (κ1) is 20.7. The number of halogens is 2. The maximum absolute atomic E-state index is 11.7. The molecule has 0 spiro atoms. The van der Waals surface area contributed by atoms with Crippen LogP contribution < -0.4 is 10.7 Å². The van der Waals surface area contributed by atoms with Gasteiger partial charge in [0.25, 0.3) is 0 Å². The Hall–Kier alpha value is -2.57. The minimum Gasteiger partial charge on any atom is -0.352 e. The first-order valence-electron chi connectivity index (χ1n) is 8.17. The molecule has 142 valence electrons. The lowest BCUT2D eigenvalue weighted by molar-refractivity contribution is -0.129. The van der Waals surface area contributed by atoms with E-state index in [2.05, 4.69) is 22.4 Å². The van der Waals surface area contributed by atoms with Crippen molar-refractivity contribution >= 4 is 41.2 Å². The zero-order chi connectivity index (χ0) is 20.0. The Morgan fingerprint density at radius 1 is 1.22 bits per heavy atom. The van der Waals surface area contributed by atoms with Gasteiger partial charge in [-0.15, -0.1) is 6.58 Å². The molecule has 0 aliphatic carbocycles. The van der Waals surface area contributed by atoms with Crippen molar-refractivity contribution in [3.05, 3.63) is 63.9 Å². The molecule has 6 nitrogen and oxygen atoms in total. The summed E-state index contributed by atoms with van der Waals surface area (Å²) in [7, 11) is 0. The van der Waals surface area contributed by atoms with Crippen LogP contribution in [0.4, 0.5) is 0 Å². The number of benzene rings is 1. The maximum Gasteiger partial charge on any atom is 0.249 e. The largest absolute Gasteiger partial charge is 0.352 e. The fraction of sp³-hybridized carbons (Fsp3) is 0.211. The van der Waals surface area contributed by atoms with Gasteiger partial charge < -0.3 is 9.88 Å². The molecule has 27 heavy (non-hydrogen) atoms. The van der Waals surface area contributed by atoms with Crippen molar-refractivity contribution in [3.63, 3.8) is 0 Å². The Bertz CT molecular complexity index is 903. The zero-order valence-corrected chi connectivity index (χ0v) is 16.6. The summed E-state index contributed by atoms with van der Waals surface area (Å²) in [5.74, 6) is -0.893. The maximum atomic E-state index is 11.7. The molecular weight excluding hydrogens is 387 g/mol. The highest BCUT2D eigenvalue weighted by molar-refractivity contribution is 6.34. The third kappa shape index (κ3) is 5.45. The Morgan fingerprint density at radius 2 is 1.96 bits per heavy atom. The molecule has 0 saturated heterocycles. The Labute approximate surface area is 167 Å². The molecule has 8 heteroatoms. The van der Waals surface area contributed by atoms with Gasteiger partial charge in [-0.2, -0.15) is 5.10 Å². The Morgan fingerprint density at radius 3 is 2.67 bits per heavy atom. The minimum absolute atomic E-state index is 0.303. The molecule has 2 amide bonds. The van der Waals surface area contributed by atoms with Crippen LogP contribution in [0, 0.1) is 13.8 Å². The molecule has 2 rings (SSSR count). The number of aromatic nitrogens is 1. The van der Waals surface area contributed by atoms with Crippen LogP contribution in [0.15, 0.2) is 42.0 Å². The smallest absolute Gasteiger partial charge is 0.249 e. The van der Waals surface area contributed by atoms with Gasteiger partial charge in [-0.3, -0.25) is 9.59 Å². The molecular formula is C19H20Cl2N4O2.